The zero-order chi connectivity index (χ0) is 21.5. The number of amides is 3. The Hall–Kier alpha value is -2.77. The number of nitrogens with zero attached hydrogens (tertiary/aromatic N) is 2. The summed E-state index contributed by atoms with van der Waals surface area (Å²) in [5.41, 5.74) is 0.491. The van der Waals surface area contributed by atoms with Gasteiger partial charge in [-0.05, 0) is 37.0 Å². The van der Waals surface area contributed by atoms with Gasteiger partial charge in [-0.25, -0.2) is 0 Å². The van der Waals surface area contributed by atoms with Crippen molar-refractivity contribution in [2.24, 2.45) is 5.92 Å². The van der Waals surface area contributed by atoms with Crippen LogP contribution in [0.25, 0.3) is 0 Å². The molecule has 0 unspecified atom stereocenters. The number of likely N-dealkylation sites (N-methyl/N-ethyl adjacent to an activating group) is 1. The first-order valence-corrected chi connectivity index (χ1v) is 10.6. The maximum absolute atomic E-state index is 12.9. The number of ether oxygens (including phenoxy) is 2. The predicted molar refractivity (Wildman–Crippen MR) is 112 cm³/mol. The van der Waals surface area contributed by atoms with E-state index in [0.717, 1.165) is 12.8 Å². The summed E-state index contributed by atoms with van der Waals surface area (Å²) in [4.78, 5) is 40.4. The second kappa shape index (κ2) is 10.3. The molecule has 3 amide bonds. The average molecular weight is 418 g/mol. The largest absolute Gasteiger partial charge is 0.493 e. The minimum Gasteiger partial charge on any atom is -0.493 e. The first kappa shape index (κ1) is 21.9. The van der Waals surface area contributed by atoms with Crippen molar-refractivity contribution in [3.05, 3.63) is 23.8 Å². The molecule has 1 aliphatic carbocycles. The maximum Gasteiger partial charge on any atom is 0.257 e. The molecular weight excluding hydrogens is 386 g/mol. The van der Waals surface area contributed by atoms with Crippen molar-refractivity contribution in [3.63, 3.8) is 0 Å². The summed E-state index contributed by atoms with van der Waals surface area (Å²) in [7, 11) is 3.03. The van der Waals surface area contributed by atoms with Crippen molar-refractivity contribution in [1.82, 2.24) is 15.1 Å². The summed E-state index contributed by atoms with van der Waals surface area (Å²) in [5.74, 6) is 1.20. The summed E-state index contributed by atoms with van der Waals surface area (Å²) in [6.45, 7) is 2.06. The summed E-state index contributed by atoms with van der Waals surface area (Å²) < 4.78 is 10.8. The molecule has 30 heavy (non-hydrogen) atoms. The van der Waals surface area contributed by atoms with E-state index in [0.29, 0.717) is 55.6 Å². The molecule has 8 heteroatoms. The highest BCUT2D eigenvalue weighted by molar-refractivity contribution is 5.95. The first-order valence-electron chi connectivity index (χ1n) is 10.6. The Morgan fingerprint density at radius 2 is 1.70 bits per heavy atom. The number of hydrogen-bond acceptors (Lipinski definition) is 5. The van der Waals surface area contributed by atoms with E-state index < -0.39 is 0 Å². The molecule has 0 bridgehead atoms. The van der Waals surface area contributed by atoms with Crippen molar-refractivity contribution < 1.29 is 23.9 Å². The molecule has 0 spiro atoms. The van der Waals surface area contributed by atoms with Crippen molar-refractivity contribution in [3.8, 4) is 11.5 Å². The highest BCUT2D eigenvalue weighted by atomic mass is 16.5. The third kappa shape index (κ3) is 5.43. The van der Waals surface area contributed by atoms with Gasteiger partial charge >= 0.3 is 0 Å². The van der Waals surface area contributed by atoms with Crippen LogP contribution in [0, 0.1) is 5.92 Å². The molecule has 1 aliphatic heterocycles. The third-order valence-electron chi connectivity index (χ3n) is 5.91. The zero-order valence-corrected chi connectivity index (χ0v) is 17.8. The lowest BCUT2D eigenvalue weighted by Crippen LogP contribution is -2.50. The lowest BCUT2D eigenvalue weighted by molar-refractivity contribution is -0.133. The number of carbonyl (C=O) groups excluding carboxylic acids is 3. The van der Waals surface area contributed by atoms with Crippen LogP contribution in [-0.4, -0.2) is 74.5 Å². The molecule has 1 saturated carbocycles. The van der Waals surface area contributed by atoms with E-state index in [1.54, 1.807) is 23.1 Å². The van der Waals surface area contributed by atoms with E-state index in [4.69, 9.17) is 9.47 Å². The highest BCUT2D eigenvalue weighted by Crippen LogP contribution is 2.29. The summed E-state index contributed by atoms with van der Waals surface area (Å²) in [6.07, 6.45) is 5.44. The van der Waals surface area contributed by atoms with Crippen LogP contribution in [0.4, 0.5) is 0 Å². The smallest absolute Gasteiger partial charge is 0.257 e. The standard InChI is InChI=1S/C22H31N3O5/c1-23-20(26)15-30-18-8-7-17(14-19(18)29-2)22(28)25-11-9-24(10-12-25)21(27)13-16-5-3-4-6-16/h7-8,14,16H,3-6,9-13,15H2,1-2H3,(H,23,26). The second-order valence-corrected chi connectivity index (χ2v) is 7.86. The number of carbonyl (C=O) groups is 3. The van der Waals surface area contributed by atoms with Crippen LogP contribution in [0.3, 0.4) is 0 Å². The number of benzene rings is 1. The molecule has 2 aliphatic rings. The normalized spacial score (nSPS) is 17.0. The molecular formula is C22H31N3O5. The highest BCUT2D eigenvalue weighted by Gasteiger charge is 2.27. The van der Waals surface area contributed by atoms with Crippen molar-refractivity contribution in [2.45, 2.75) is 32.1 Å². The molecule has 0 atom stereocenters. The van der Waals surface area contributed by atoms with Crippen LogP contribution in [0.15, 0.2) is 18.2 Å². The number of rotatable bonds is 7. The van der Waals surface area contributed by atoms with E-state index in [2.05, 4.69) is 5.32 Å². The summed E-state index contributed by atoms with van der Waals surface area (Å²) in [6, 6.07) is 4.93. The van der Waals surface area contributed by atoms with E-state index in [-0.39, 0.29) is 24.3 Å². The van der Waals surface area contributed by atoms with Gasteiger partial charge in [0, 0.05) is 45.2 Å². The van der Waals surface area contributed by atoms with Crippen LogP contribution < -0.4 is 14.8 Å². The molecule has 1 N–H and O–H groups in total. The number of nitrogens with one attached hydrogen (secondary N) is 1. The van der Waals surface area contributed by atoms with Gasteiger partial charge in [-0.2, -0.15) is 0 Å². The van der Waals surface area contributed by atoms with Gasteiger partial charge < -0.3 is 24.6 Å². The second-order valence-electron chi connectivity index (χ2n) is 7.86. The SMILES string of the molecule is CNC(=O)COc1ccc(C(=O)N2CCN(C(=O)CC3CCCC3)CC2)cc1OC. The first-order chi connectivity index (χ1) is 14.5. The van der Waals surface area contributed by atoms with Gasteiger partial charge in [0.1, 0.15) is 0 Å². The molecule has 164 valence electrons. The molecule has 1 aromatic rings. The molecule has 0 radical (unpaired) electrons. The van der Waals surface area contributed by atoms with Gasteiger partial charge in [-0.1, -0.05) is 12.8 Å². The van der Waals surface area contributed by atoms with Gasteiger partial charge in [-0.3, -0.25) is 14.4 Å². The third-order valence-corrected chi connectivity index (χ3v) is 5.91. The molecule has 1 aromatic carbocycles. The van der Waals surface area contributed by atoms with Crippen LogP contribution >= 0.6 is 0 Å². The van der Waals surface area contributed by atoms with Crippen LogP contribution in [0.5, 0.6) is 11.5 Å². The minimum atomic E-state index is -0.252. The van der Waals surface area contributed by atoms with E-state index in [1.807, 2.05) is 4.90 Å². The molecule has 2 fully saturated rings. The van der Waals surface area contributed by atoms with Gasteiger partial charge in [0.05, 0.1) is 7.11 Å². The molecule has 1 heterocycles. The Morgan fingerprint density at radius 3 is 2.33 bits per heavy atom. The number of methoxy groups -OCH3 is 1. The zero-order valence-electron chi connectivity index (χ0n) is 17.8. The summed E-state index contributed by atoms with van der Waals surface area (Å²) >= 11 is 0. The molecule has 8 nitrogen and oxygen atoms in total. The molecule has 3 rings (SSSR count). The minimum absolute atomic E-state index is 0.103. The molecule has 1 saturated heterocycles. The fourth-order valence-corrected chi connectivity index (χ4v) is 4.07. The Morgan fingerprint density at radius 1 is 1.03 bits per heavy atom. The van der Waals surface area contributed by atoms with E-state index in [1.165, 1.54) is 27.0 Å². The van der Waals surface area contributed by atoms with Crippen LogP contribution in [0.2, 0.25) is 0 Å². The van der Waals surface area contributed by atoms with Crippen LogP contribution in [-0.2, 0) is 9.59 Å². The van der Waals surface area contributed by atoms with Crippen LogP contribution in [0.1, 0.15) is 42.5 Å². The summed E-state index contributed by atoms with van der Waals surface area (Å²) in [5, 5.41) is 2.48. The Bertz CT molecular complexity index is 768. The number of hydrogen-bond donors (Lipinski definition) is 1. The van der Waals surface area contributed by atoms with Crippen molar-refractivity contribution in [1.29, 1.82) is 0 Å². The Balaban J connectivity index is 1.55. The lowest BCUT2D eigenvalue weighted by atomic mass is 10.0. The van der Waals surface area contributed by atoms with Crippen molar-refractivity contribution >= 4 is 17.7 Å². The molecule has 0 aromatic heterocycles. The van der Waals surface area contributed by atoms with Gasteiger partial charge in [-0.15, -0.1) is 0 Å². The van der Waals surface area contributed by atoms with Gasteiger partial charge in [0.2, 0.25) is 5.91 Å². The topological polar surface area (TPSA) is 88.2 Å². The Labute approximate surface area is 177 Å². The quantitative estimate of drug-likeness (QED) is 0.729. The van der Waals surface area contributed by atoms with Crippen molar-refractivity contribution in [2.75, 3.05) is 46.9 Å². The number of piperazine rings is 1. The maximum atomic E-state index is 12.9. The Kier molecular flexibility index (Phi) is 7.54. The fourth-order valence-electron chi connectivity index (χ4n) is 4.07. The van der Waals surface area contributed by atoms with Gasteiger partial charge in [0.25, 0.3) is 11.8 Å². The van der Waals surface area contributed by atoms with Gasteiger partial charge in [0.15, 0.2) is 18.1 Å². The lowest BCUT2D eigenvalue weighted by Gasteiger charge is -2.35. The average Bonchev–Trinajstić information content (AvgIpc) is 3.29. The monoisotopic (exact) mass is 417 g/mol. The van der Waals surface area contributed by atoms with E-state index in [9.17, 15) is 14.4 Å². The van der Waals surface area contributed by atoms with E-state index >= 15 is 0 Å². The fraction of sp³-hybridized carbons (Fsp3) is 0.591. The predicted octanol–water partition coefficient (Wildman–Crippen LogP) is 1.68.